The molecule has 0 aliphatic heterocycles. The zero-order valence-corrected chi connectivity index (χ0v) is 17.8. The van der Waals surface area contributed by atoms with Crippen LogP contribution in [0, 0.1) is 5.92 Å². The maximum absolute atomic E-state index is 12.2. The lowest BCUT2D eigenvalue weighted by molar-refractivity contribution is -0.140. The molecule has 1 aliphatic carbocycles. The molecule has 0 heterocycles. The first kappa shape index (κ1) is 24.2. The average molecular weight is 401 g/mol. The SMILES string of the molecule is CCCC(C)(O)CC/C=C/C1[C@H](O)CC(=O)[C@@H]1SCCCCCC(=O)OC. The van der Waals surface area contributed by atoms with Crippen molar-refractivity contribution in [2.75, 3.05) is 12.9 Å². The molecule has 2 unspecified atom stereocenters. The molecular formula is C21H36O5S. The monoisotopic (exact) mass is 400 g/mol. The van der Waals surface area contributed by atoms with Crippen LogP contribution in [0.2, 0.25) is 0 Å². The van der Waals surface area contributed by atoms with Crippen molar-refractivity contribution in [3.8, 4) is 0 Å². The Labute approximate surface area is 167 Å². The predicted octanol–water partition coefficient (Wildman–Crippen LogP) is 3.66. The molecular weight excluding hydrogens is 364 g/mol. The molecule has 0 radical (unpaired) electrons. The van der Waals surface area contributed by atoms with Crippen LogP contribution in [-0.2, 0) is 14.3 Å². The van der Waals surface area contributed by atoms with E-state index in [1.807, 2.05) is 19.1 Å². The molecule has 1 aliphatic rings. The molecule has 156 valence electrons. The quantitative estimate of drug-likeness (QED) is 0.279. The van der Waals surface area contributed by atoms with Crippen molar-refractivity contribution in [3.63, 3.8) is 0 Å². The molecule has 0 aromatic rings. The number of aliphatic hydroxyl groups excluding tert-OH is 1. The van der Waals surface area contributed by atoms with Crippen LogP contribution < -0.4 is 0 Å². The summed E-state index contributed by atoms with van der Waals surface area (Å²) in [7, 11) is 1.40. The third-order valence-electron chi connectivity index (χ3n) is 5.07. The second kappa shape index (κ2) is 12.6. The lowest BCUT2D eigenvalue weighted by atomic mass is 9.94. The second-order valence-corrected chi connectivity index (χ2v) is 8.96. The minimum absolute atomic E-state index is 0.120. The Morgan fingerprint density at radius 2 is 2.07 bits per heavy atom. The molecule has 27 heavy (non-hydrogen) atoms. The number of hydrogen-bond donors (Lipinski definition) is 2. The average Bonchev–Trinajstić information content (AvgIpc) is 2.87. The maximum Gasteiger partial charge on any atom is 0.305 e. The van der Waals surface area contributed by atoms with Crippen molar-refractivity contribution in [3.05, 3.63) is 12.2 Å². The van der Waals surface area contributed by atoms with Gasteiger partial charge in [0.1, 0.15) is 5.78 Å². The molecule has 0 spiro atoms. The Balaban J connectivity index is 2.38. The van der Waals surface area contributed by atoms with E-state index in [0.717, 1.165) is 44.3 Å². The van der Waals surface area contributed by atoms with Gasteiger partial charge in [0.2, 0.25) is 0 Å². The van der Waals surface area contributed by atoms with Gasteiger partial charge in [0.15, 0.2) is 0 Å². The first-order valence-corrected chi connectivity index (χ1v) is 11.1. The number of hydrogen-bond acceptors (Lipinski definition) is 6. The lowest BCUT2D eigenvalue weighted by Crippen LogP contribution is -2.23. The molecule has 1 rings (SSSR count). The summed E-state index contributed by atoms with van der Waals surface area (Å²) in [6.45, 7) is 3.92. The van der Waals surface area contributed by atoms with Crippen LogP contribution in [-0.4, -0.2) is 51.8 Å². The van der Waals surface area contributed by atoms with E-state index in [2.05, 4.69) is 11.7 Å². The van der Waals surface area contributed by atoms with Gasteiger partial charge < -0.3 is 14.9 Å². The number of thioether (sulfide) groups is 1. The van der Waals surface area contributed by atoms with Gasteiger partial charge in [-0.05, 0) is 44.8 Å². The van der Waals surface area contributed by atoms with Gasteiger partial charge in [-0.1, -0.05) is 31.9 Å². The summed E-state index contributed by atoms with van der Waals surface area (Å²) in [5.41, 5.74) is -0.651. The fraction of sp³-hybridized carbons (Fsp3) is 0.810. The van der Waals surface area contributed by atoms with Crippen LogP contribution in [0.1, 0.15) is 71.6 Å². The normalized spacial score (nSPS) is 25.1. The van der Waals surface area contributed by atoms with Gasteiger partial charge in [-0.25, -0.2) is 0 Å². The first-order valence-electron chi connectivity index (χ1n) is 10.1. The Hall–Kier alpha value is -0.850. The molecule has 0 aromatic carbocycles. The van der Waals surface area contributed by atoms with E-state index in [1.165, 1.54) is 7.11 Å². The van der Waals surface area contributed by atoms with Gasteiger partial charge >= 0.3 is 5.97 Å². The smallest absolute Gasteiger partial charge is 0.305 e. The van der Waals surface area contributed by atoms with E-state index >= 15 is 0 Å². The van der Waals surface area contributed by atoms with Crippen LogP contribution in [0.25, 0.3) is 0 Å². The van der Waals surface area contributed by atoms with Gasteiger partial charge in [0.25, 0.3) is 0 Å². The summed E-state index contributed by atoms with van der Waals surface area (Å²) < 4.78 is 4.62. The fourth-order valence-corrected chi connectivity index (χ4v) is 4.88. The molecule has 4 atom stereocenters. The molecule has 6 heteroatoms. The topological polar surface area (TPSA) is 83.8 Å². The van der Waals surface area contributed by atoms with Crippen molar-refractivity contribution in [1.82, 2.24) is 0 Å². The summed E-state index contributed by atoms with van der Waals surface area (Å²) in [4.78, 5) is 23.3. The highest BCUT2D eigenvalue weighted by Gasteiger charge is 2.40. The van der Waals surface area contributed by atoms with Gasteiger partial charge in [0.05, 0.1) is 24.1 Å². The third kappa shape index (κ3) is 9.26. The summed E-state index contributed by atoms with van der Waals surface area (Å²) in [5.74, 6) is 0.642. The van der Waals surface area contributed by atoms with E-state index < -0.39 is 11.7 Å². The van der Waals surface area contributed by atoms with Crippen LogP contribution in [0.5, 0.6) is 0 Å². The number of allylic oxidation sites excluding steroid dienone is 1. The molecule has 1 saturated carbocycles. The summed E-state index contributed by atoms with van der Waals surface area (Å²) in [5, 5.41) is 20.2. The Morgan fingerprint density at radius 3 is 2.74 bits per heavy atom. The van der Waals surface area contributed by atoms with Crippen molar-refractivity contribution >= 4 is 23.5 Å². The van der Waals surface area contributed by atoms with Gasteiger partial charge in [-0.15, -0.1) is 11.8 Å². The number of Topliss-reactive ketones (excluding diaryl/α,β-unsaturated/α-hetero) is 1. The number of carbonyl (C=O) groups is 2. The standard InChI is InChI=1S/C21H36O5S/c1-4-12-21(2,25)13-8-7-10-16-17(22)15-18(23)20(16)27-14-9-5-6-11-19(24)26-3/h7,10,16-17,20,22,25H,4-6,8-9,11-15H2,1-3H3/b10-7+/t16?,17-,20-,21?/m1/s1. The molecule has 1 fully saturated rings. The van der Waals surface area contributed by atoms with E-state index in [4.69, 9.17) is 0 Å². The Bertz CT molecular complexity index is 489. The van der Waals surface area contributed by atoms with Crippen molar-refractivity contribution < 1.29 is 24.5 Å². The minimum Gasteiger partial charge on any atom is -0.469 e. The number of rotatable bonds is 13. The zero-order valence-electron chi connectivity index (χ0n) is 17.0. The van der Waals surface area contributed by atoms with Crippen LogP contribution >= 0.6 is 11.8 Å². The lowest BCUT2D eigenvalue weighted by Gasteiger charge is -2.22. The van der Waals surface area contributed by atoms with Gasteiger partial charge in [-0.2, -0.15) is 0 Å². The van der Waals surface area contributed by atoms with Crippen LogP contribution in [0.15, 0.2) is 12.2 Å². The van der Waals surface area contributed by atoms with E-state index in [1.54, 1.807) is 11.8 Å². The molecule has 0 saturated heterocycles. The summed E-state index contributed by atoms with van der Waals surface area (Å²) >= 11 is 1.61. The third-order valence-corrected chi connectivity index (χ3v) is 6.53. The number of carbonyl (C=O) groups excluding carboxylic acids is 2. The Morgan fingerprint density at radius 1 is 1.33 bits per heavy atom. The maximum atomic E-state index is 12.2. The van der Waals surface area contributed by atoms with Gasteiger partial charge in [-0.3, -0.25) is 9.59 Å². The van der Waals surface area contributed by atoms with Crippen molar-refractivity contribution in [2.24, 2.45) is 5.92 Å². The van der Waals surface area contributed by atoms with Crippen molar-refractivity contribution in [2.45, 2.75) is 88.6 Å². The number of esters is 1. The van der Waals surface area contributed by atoms with E-state index in [0.29, 0.717) is 12.8 Å². The van der Waals surface area contributed by atoms with E-state index in [-0.39, 0.29) is 29.3 Å². The zero-order chi connectivity index (χ0) is 20.3. The number of unbranched alkanes of at least 4 members (excludes halogenated alkanes) is 2. The van der Waals surface area contributed by atoms with Crippen LogP contribution in [0.3, 0.4) is 0 Å². The van der Waals surface area contributed by atoms with Crippen LogP contribution in [0.4, 0.5) is 0 Å². The predicted molar refractivity (Wildman–Crippen MR) is 110 cm³/mol. The van der Waals surface area contributed by atoms with Crippen molar-refractivity contribution in [1.29, 1.82) is 0 Å². The highest BCUT2D eigenvalue weighted by molar-refractivity contribution is 8.00. The number of ketones is 1. The molecule has 5 nitrogen and oxygen atoms in total. The highest BCUT2D eigenvalue weighted by atomic mass is 32.2. The highest BCUT2D eigenvalue weighted by Crippen LogP contribution is 2.34. The minimum atomic E-state index is -0.651. The number of ether oxygens (including phenoxy) is 1. The second-order valence-electron chi connectivity index (χ2n) is 7.71. The molecule has 0 amide bonds. The fourth-order valence-electron chi connectivity index (χ4n) is 3.48. The Kier molecular flexibility index (Phi) is 11.3. The largest absolute Gasteiger partial charge is 0.469 e. The first-order chi connectivity index (χ1) is 12.8. The molecule has 2 N–H and O–H groups in total. The molecule has 0 bridgehead atoms. The number of aliphatic hydroxyl groups is 2. The summed E-state index contributed by atoms with van der Waals surface area (Å²) in [6, 6.07) is 0. The van der Waals surface area contributed by atoms with Gasteiger partial charge in [0, 0.05) is 18.8 Å². The molecule has 0 aromatic heterocycles. The van der Waals surface area contributed by atoms with E-state index in [9.17, 15) is 19.8 Å². The summed E-state index contributed by atoms with van der Waals surface area (Å²) in [6.07, 6.45) is 9.85. The number of methoxy groups -OCH3 is 1.